The van der Waals surface area contributed by atoms with E-state index in [4.69, 9.17) is 16.3 Å². The number of aliphatic hydroxyl groups is 1. The molecule has 2 heterocycles. The Morgan fingerprint density at radius 2 is 2.15 bits per heavy atom. The molecule has 0 bridgehead atoms. The average Bonchev–Trinajstić information content (AvgIpc) is 3.10. The summed E-state index contributed by atoms with van der Waals surface area (Å²) in [7, 11) is 0. The van der Waals surface area contributed by atoms with Crippen molar-refractivity contribution in [1.82, 2.24) is 15.0 Å². The van der Waals surface area contributed by atoms with Gasteiger partial charge >= 0.3 is 0 Å². The molecule has 20 heavy (non-hydrogen) atoms. The van der Waals surface area contributed by atoms with Crippen LogP contribution in [0.15, 0.2) is 24.3 Å². The molecule has 1 aromatic carbocycles. The smallest absolute Gasteiger partial charge is 0.114 e. The van der Waals surface area contributed by atoms with E-state index in [0.29, 0.717) is 17.3 Å². The lowest BCUT2D eigenvalue weighted by Gasteiger charge is -2.13. The van der Waals surface area contributed by atoms with Crippen LogP contribution in [0.3, 0.4) is 0 Å². The molecule has 0 aliphatic carbocycles. The molecule has 0 saturated carbocycles. The first-order valence-electron chi connectivity index (χ1n) is 6.67. The lowest BCUT2D eigenvalue weighted by Crippen LogP contribution is -2.11. The highest BCUT2D eigenvalue weighted by atomic mass is 35.5. The topological polar surface area (TPSA) is 60.2 Å². The number of rotatable bonds is 4. The van der Waals surface area contributed by atoms with Gasteiger partial charge in [-0.15, -0.1) is 5.10 Å². The molecule has 0 amide bonds. The van der Waals surface area contributed by atoms with E-state index in [1.54, 1.807) is 0 Å². The summed E-state index contributed by atoms with van der Waals surface area (Å²) >= 11 is 5.89. The second-order valence-electron chi connectivity index (χ2n) is 4.87. The predicted molar refractivity (Wildman–Crippen MR) is 74.4 cm³/mol. The van der Waals surface area contributed by atoms with E-state index in [0.717, 1.165) is 30.7 Å². The Balaban J connectivity index is 1.88. The fourth-order valence-electron chi connectivity index (χ4n) is 2.49. The van der Waals surface area contributed by atoms with E-state index in [1.807, 2.05) is 28.9 Å². The van der Waals surface area contributed by atoms with Crippen molar-refractivity contribution in [3.8, 4) is 0 Å². The Hall–Kier alpha value is -1.43. The van der Waals surface area contributed by atoms with Gasteiger partial charge < -0.3 is 9.84 Å². The van der Waals surface area contributed by atoms with Crippen LogP contribution in [0.4, 0.5) is 0 Å². The molecule has 1 saturated heterocycles. The van der Waals surface area contributed by atoms with Crippen LogP contribution in [-0.4, -0.2) is 26.7 Å². The van der Waals surface area contributed by atoms with Gasteiger partial charge in [0.1, 0.15) is 11.8 Å². The van der Waals surface area contributed by atoms with Crippen molar-refractivity contribution in [2.24, 2.45) is 0 Å². The highest BCUT2D eigenvalue weighted by Gasteiger charge is 2.26. The Labute approximate surface area is 122 Å². The molecule has 1 unspecified atom stereocenters. The zero-order valence-electron chi connectivity index (χ0n) is 11.0. The molecular weight excluding hydrogens is 278 g/mol. The van der Waals surface area contributed by atoms with Gasteiger partial charge in [0.2, 0.25) is 0 Å². The molecule has 5 nitrogen and oxygen atoms in total. The van der Waals surface area contributed by atoms with E-state index >= 15 is 0 Å². The van der Waals surface area contributed by atoms with Crippen LogP contribution in [-0.2, 0) is 17.9 Å². The second kappa shape index (κ2) is 5.91. The third-order valence-corrected chi connectivity index (χ3v) is 3.73. The lowest BCUT2D eigenvalue weighted by atomic mass is 10.1. The van der Waals surface area contributed by atoms with Gasteiger partial charge in [-0.1, -0.05) is 28.9 Å². The van der Waals surface area contributed by atoms with Crippen molar-refractivity contribution in [2.75, 3.05) is 6.61 Å². The van der Waals surface area contributed by atoms with Gasteiger partial charge in [-0.25, -0.2) is 4.68 Å². The fraction of sp³-hybridized carbons (Fsp3) is 0.429. The summed E-state index contributed by atoms with van der Waals surface area (Å²) in [6, 6.07) is 7.63. The number of aliphatic hydroxyl groups excluding tert-OH is 1. The number of ether oxygens (including phenoxy) is 1. The molecule has 2 aromatic rings. The molecule has 1 aromatic heterocycles. The molecule has 6 heteroatoms. The Bertz CT molecular complexity index is 577. The minimum absolute atomic E-state index is 0.0144. The molecule has 1 aliphatic rings. The van der Waals surface area contributed by atoms with Crippen LogP contribution < -0.4 is 0 Å². The van der Waals surface area contributed by atoms with E-state index < -0.39 is 0 Å². The minimum Gasteiger partial charge on any atom is -0.390 e. The summed E-state index contributed by atoms with van der Waals surface area (Å²) in [6.07, 6.45) is 1.96. The van der Waals surface area contributed by atoms with Crippen molar-refractivity contribution in [3.63, 3.8) is 0 Å². The average molecular weight is 294 g/mol. The van der Waals surface area contributed by atoms with Crippen molar-refractivity contribution in [3.05, 3.63) is 46.2 Å². The molecule has 0 radical (unpaired) electrons. The second-order valence-corrected chi connectivity index (χ2v) is 5.30. The van der Waals surface area contributed by atoms with Gasteiger partial charge in [0.05, 0.1) is 18.8 Å². The quantitative estimate of drug-likeness (QED) is 0.940. The molecule has 106 valence electrons. The van der Waals surface area contributed by atoms with E-state index in [9.17, 15) is 5.11 Å². The Morgan fingerprint density at radius 3 is 2.80 bits per heavy atom. The predicted octanol–water partition coefficient (Wildman–Crippen LogP) is 2.32. The normalized spacial score (nSPS) is 18.6. The maximum absolute atomic E-state index is 9.41. The number of halogens is 1. The van der Waals surface area contributed by atoms with Crippen LogP contribution in [0.1, 0.15) is 35.9 Å². The zero-order chi connectivity index (χ0) is 13.9. The van der Waals surface area contributed by atoms with E-state index in [-0.39, 0.29) is 12.7 Å². The SMILES string of the molecule is OCc1nnn(Cc2ccc(Cl)cc2)c1C1CCCO1. The molecular formula is C14H16ClN3O2. The monoisotopic (exact) mass is 293 g/mol. The number of hydrogen-bond donors (Lipinski definition) is 1. The molecule has 0 spiro atoms. The summed E-state index contributed by atoms with van der Waals surface area (Å²) in [4.78, 5) is 0. The van der Waals surface area contributed by atoms with Crippen LogP contribution in [0.2, 0.25) is 5.02 Å². The first-order chi connectivity index (χ1) is 9.78. The third-order valence-electron chi connectivity index (χ3n) is 3.48. The summed E-state index contributed by atoms with van der Waals surface area (Å²) in [5.74, 6) is 0. The first kappa shape index (κ1) is 13.5. The van der Waals surface area contributed by atoms with Crippen LogP contribution >= 0.6 is 11.6 Å². The lowest BCUT2D eigenvalue weighted by molar-refractivity contribution is 0.102. The number of aromatic nitrogens is 3. The first-order valence-corrected chi connectivity index (χ1v) is 7.05. The number of hydrogen-bond acceptors (Lipinski definition) is 4. The standard InChI is InChI=1S/C14H16ClN3O2/c15-11-5-3-10(4-6-11)8-18-14(12(9-19)16-17-18)13-2-1-7-20-13/h3-6,13,19H,1-2,7-9H2. The number of nitrogens with zero attached hydrogens (tertiary/aromatic N) is 3. The molecule has 1 fully saturated rings. The summed E-state index contributed by atoms with van der Waals surface area (Å²) < 4.78 is 7.51. The molecule has 1 aliphatic heterocycles. The zero-order valence-corrected chi connectivity index (χ0v) is 11.8. The highest BCUT2D eigenvalue weighted by molar-refractivity contribution is 6.30. The van der Waals surface area contributed by atoms with E-state index in [2.05, 4.69) is 10.3 Å². The Kier molecular flexibility index (Phi) is 4.00. The maximum Gasteiger partial charge on any atom is 0.114 e. The van der Waals surface area contributed by atoms with Gasteiger partial charge in [-0.05, 0) is 30.5 Å². The van der Waals surface area contributed by atoms with Crippen LogP contribution in [0, 0.1) is 0 Å². The van der Waals surface area contributed by atoms with Crippen molar-refractivity contribution >= 4 is 11.6 Å². The van der Waals surface area contributed by atoms with Gasteiger partial charge in [0.15, 0.2) is 0 Å². The third kappa shape index (κ3) is 2.70. The van der Waals surface area contributed by atoms with Crippen molar-refractivity contribution in [1.29, 1.82) is 0 Å². The summed E-state index contributed by atoms with van der Waals surface area (Å²) in [6.45, 7) is 1.23. The molecule has 1 atom stereocenters. The van der Waals surface area contributed by atoms with Gasteiger partial charge in [0, 0.05) is 11.6 Å². The fourth-order valence-corrected chi connectivity index (χ4v) is 2.62. The maximum atomic E-state index is 9.41. The molecule has 3 rings (SSSR count). The minimum atomic E-state index is -0.115. The van der Waals surface area contributed by atoms with Crippen LogP contribution in [0.25, 0.3) is 0 Å². The van der Waals surface area contributed by atoms with Gasteiger partial charge in [-0.2, -0.15) is 0 Å². The highest BCUT2D eigenvalue weighted by Crippen LogP contribution is 2.30. The van der Waals surface area contributed by atoms with Crippen molar-refractivity contribution in [2.45, 2.75) is 32.1 Å². The van der Waals surface area contributed by atoms with Crippen molar-refractivity contribution < 1.29 is 9.84 Å². The van der Waals surface area contributed by atoms with Gasteiger partial charge in [-0.3, -0.25) is 0 Å². The largest absolute Gasteiger partial charge is 0.390 e. The number of benzene rings is 1. The van der Waals surface area contributed by atoms with Gasteiger partial charge in [0.25, 0.3) is 0 Å². The Morgan fingerprint density at radius 1 is 1.35 bits per heavy atom. The van der Waals surface area contributed by atoms with Crippen LogP contribution in [0.5, 0.6) is 0 Å². The molecule has 1 N–H and O–H groups in total. The van der Waals surface area contributed by atoms with E-state index in [1.165, 1.54) is 0 Å². The summed E-state index contributed by atoms with van der Waals surface area (Å²) in [5.41, 5.74) is 2.58. The summed E-state index contributed by atoms with van der Waals surface area (Å²) in [5, 5.41) is 18.3.